The molecule has 10 heteroatoms. The van der Waals surface area contributed by atoms with Crippen LogP contribution >= 0.6 is 7.82 Å². The van der Waals surface area contributed by atoms with Crippen LogP contribution in [0.4, 0.5) is 0 Å². The van der Waals surface area contributed by atoms with Gasteiger partial charge in [-0.3, -0.25) is 14.2 Å². The van der Waals surface area contributed by atoms with E-state index in [0.717, 1.165) is 38.5 Å². The van der Waals surface area contributed by atoms with Crippen molar-refractivity contribution in [1.82, 2.24) is 0 Å². The highest BCUT2D eigenvalue weighted by molar-refractivity contribution is 7.45. The largest absolute Gasteiger partial charge is 0.756 e. The molecule has 0 amide bonds. The van der Waals surface area contributed by atoms with Gasteiger partial charge in [0.05, 0.1) is 13.2 Å². The van der Waals surface area contributed by atoms with Crippen LogP contribution in [0.5, 0.6) is 0 Å². The zero-order chi connectivity index (χ0) is 29.0. The molecule has 0 saturated heterocycles. The first-order valence-electron chi connectivity index (χ1n) is 15.6. The van der Waals surface area contributed by atoms with Gasteiger partial charge in [-0.15, -0.1) is 0 Å². The molecule has 0 saturated carbocycles. The summed E-state index contributed by atoms with van der Waals surface area (Å²) in [6.45, 7) is 3.86. The first-order chi connectivity index (χ1) is 18.8. The number of unbranched alkanes of at least 4 members (excludes halogenated alkanes) is 16. The molecule has 0 aliphatic rings. The van der Waals surface area contributed by atoms with E-state index in [1.54, 1.807) is 0 Å². The molecule has 0 bridgehead atoms. The third kappa shape index (κ3) is 27.0. The molecule has 2 atom stereocenters. The van der Waals surface area contributed by atoms with Crippen LogP contribution in [0.2, 0.25) is 0 Å². The minimum absolute atomic E-state index is 0.0996. The summed E-state index contributed by atoms with van der Waals surface area (Å²) in [5, 5.41) is 0. The van der Waals surface area contributed by atoms with E-state index in [-0.39, 0.29) is 32.6 Å². The zero-order valence-corrected chi connectivity index (χ0v) is 25.9. The number of phosphoric acid groups is 1. The summed E-state index contributed by atoms with van der Waals surface area (Å²) in [5.41, 5.74) is 3.52. The molecule has 0 aromatic carbocycles. The molecular formula is C29H58NO8P. The predicted octanol–water partition coefficient (Wildman–Crippen LogP) is 6.03. The fourth-order valence-corrected chi connectivity index (χ4v) is 4.94. The maximum Gasteiger partial charge on any atom is 0.306 e. The number of hydrogen-bond acceptors (Lipinski definition) is 8. The second kappa shape index (κ2) is 27.2. The molecule has 0 aliphatic carbocycles. The maximum atomic E-state index is 12.4. The van der Waals surface area contributed by atoms with Gasteiger partial charge in [-0.2, -0.15) is 0 Å². The van der Waals surface area contributed by atoms with Gasteiger partial charge in [-0.25, -0.2) is 0 Å². The van der Waals surface area contributed by atoms with Crippen molar-refractivity contribution in [2.75, 3.05) is 26.4 Å². The van der Waals surface area contributed by atoms with Crippen LogP contribution in [0.15, 0.2) is 0 Å². The number of carbonyl (C=O) groups is 2. The Morgan fingerprint density at radius 3 is 1.56 bits per heavy atom. The molecule has 3 N–H and O–H groups in total. The third-order valence-electron chi connectivity index (χ3n) is 6.51. The van der Waals surface area contributed by atoms with Gasteiger partial charge in [0.25, 0.3) is 7.82 Å². The second-order valence-corrected chi connectivity index (χ2v) is 11.8. The minimum atomic E-state index is -4.56. The van der Waals surface area contributed by atoms with Gasteiger partial charge in [-0.05, 0) is 12.8 Å². The Morgan fingerprint density at radius 2 is 1.10 bits per heavy atom. The number of hydrogen-bond donors (Lipinski definition) is 1. The van der Waals surface area contributed by atoms with Crippen molar-refractivity contribution in [1.29, 1.82) is 0 Å². The maximum absolute atomic E-state index is 12.4. The van der Waals surface area contributed by atoms with Crippen LogP contribution in [0.3, 0.4) is 0 Å². The second-order valence-electron chi connectivity index (χ2n) is 10.4. The van der Waals surface area contributed by atoms with Gasteiger partial charge in [0.2, 0.25) is 0 Å². The number of carbonyl (C=O) groups excluding carboxylic acids is 2. The normalized spacial score (nSPS) is 13.6. The topological polar surface area (TPSA) is 139 Å². The van der Waals surface area contributed by atoms with E-state index in [4.69, 9.17) is 14.0 Å². The molecule has 0 aromatic rings. The average Bonchev–Trinajstić information content (AvgIpc) is 2.91. The quantitative estimate of drug-likeness (QED) is 0.0644. The molecule has 39 heavy (non-hydrogen) atoms. The number of esters is 2. The molecule has 0 spiro atoms. The standard InChI is InChI=1S/C29H58NO8P/c1-3-5-7-9-11-13-15-17-19-21-28(31)35-25-27(26-37-39(33,34)36-24-23-30)38-29(32)22-20-18-16-14-12-10-8-6-4-2/h27H,3-26,30H2,1-2H3,(H,33,34)/t27-/m1/s1. The van der Waals surface area contributed by atoms with Crippen molar-refractivity contribution in [2.24, 2.45) is 0 Å². The molecule has 0 rings (SSSR count). The Hall–Kier alpha value is -0.990. The van der Waals surface area contributed by atoms with Crippen molar-refractivity contribution in [2.45, 2.75) is 148 Å². The summed E-state index contributed by atoms with van der Waals surface area (Å²) in [7, 11) is -4.56. The summed E-state index contributed by atoms with van der Waals surface area (Å²) in [5.74, 6) is -0.850. The van der Waals surface area contributed by atoms with Crippen molar-refractivity contribution in [3.63, 3.8) is 0 Å². The Bertz CT molecular complexity index is 634. The summed E-state index contributed by atoms with van der Waals surface area (Å²) >= 11 is 0. The van der Waals surface area contributed by atoms with Gasteiger partial charge in [0.1, 0.15) is 13.2 Å². The highest BCUT2D eigenvalue weighted by Gasteiger charge is 2.21. The molecule has 0 fully saturated rings. The monoisotopic (exact) mass is 579 g/mol. The molecular weight excluding hydrogens is 521 g/mol. The first kappa shape index (κ1) is 38.0. The van der Waals surface area contributed by atoms with E-state index in [0.29, 0.717) is 6.42 Å². The number of quaternary nitrogens is 1. The lowest BCUT2D eigenvalue weighted by Crippen LogP contribution is -2.52. The smallest absolute Gasteiger partial charge is 0.306 e. The Balaban J connectivity index is 4.33. The van der Waals surface area contributed by atoms with Crippen LogP contribution in [0.1, 0.15) is 142 Å². The van der Waals surface area contributed by atoms with Gasteiger partial charge in [0.15, 0.2) is 6.10 Å². The highest BCUT2D eigenvalue weighted by atomic mass is 31.2. The third-order valence-corrected chi connectivity index (χ3v) is 7.47. The molecule has 0 aromatic heterocycles. The number of ether oxygens (including phenoxy) is 2. The van der Waals surface area contributed by atoms with E-state index < -0.39 is 32.5 Å². The lowest BCUT2D eigenvalue weighted by molar-refractivity contribution is -0.373. The van der Waals surface area contributed by atoms with Crippen molar-refractivity contribution < 1.29 is 43.3 Å². The van der Waals surface area contributed by atoms with Crippen LogP contribution in [-0.4, -0.2) is 44.4 Å². The number of phosphoric ester groups is 1. The molecule has 9 nitrogen and oxygen atoms in total. The van der Waals surface area contributed by atoms with Gasteiger partial charge < -0.3 is 29.1 Å². The fourth-order valence-electron chi connectivity index (χ4n) is 4.17. The first-order valence-corrected chi connectivity index (χ1v) is 17.0. The van der Waals surface area contributed by atoms with Gasteiger partial charge in [-0.1, -0.05) is 117 Å². The number of rotatable bonds is 29. The van der Waals surface area contributed by atoms with Crippen LogP contribution in [-0.2, 0) is 32.7 Å². The van der Waals surface area contributed by atoms with Crippen LogP contribution in [0.25, 0.3) is 0 Å². The van der Waals surface area contributed by atoms with E-state index in [2.05, 4.69) is 24.1 Å². The fraction of sp³-hybridized carbons (Fsp3) is 0.931. The Kier molecular flexibility index (Phi) is 26.5. The van der Waals surface area contributed by atoms with Crippen LogP contribution in [0, 0.1) is 0 Å². The lowest BCUT2D eigenvalue weighted by atomic mass is 10.1. The summed E-state index contributed by atoms with van der Waals surface area (Å²) in [4.78, 5) is 36.4. The van der Waals surface area contributed by atoms with Crippen molar-refractivity contribution >= 4 is 19.8 Å². The minimum Gasteiger partial charge on any atom is -0.756 e. The molecule has 0 aliphatic heterocycles. The van der Waals surface area contributed by atoms with Gasteiger partial charge >= 0.3 is 11.9 Å². The van der Waals surface area contributed by atoms with Crippen molar-refractivity contribution in [3.8, 4) is 0 Å². The summed E-state index contributed by atoms with van der Waals surface area (Å²) in [6, 6.07) is 0. The lowest BCUT2D eigenvalue weighted by Gasteiger charge is -2.25. The Labute approximate surface area is 237 Å². The average molecular weight is 580 g/mol. The highest BCUT2D eigenvalue weighted by Crippen LogP contribution is 2.38. The van der Waals surface area contributed by atoms with E-state index in [1.807, 2.05) is 0 Å². The van der Waals surface area contributed by atoms with Gasteiger partial charge in [0, 0.05) is 12.8 Å². The molecule has 0 heterocycles. The van der Waals surface area contributed by atoms with E-state index in [9.17, 15) is 19.0 Å². The van der Waals surface area contributed by atoms with E-state index >= 15 is 0 Å². The van der Waals surface area contributed by atoms with Crippen LogP contribution < -0.4 is 10.6 Å². The van der Waals surface area contributed by atoms with E-state index in [1.165, 1.54) is 70.6 Å². The molecule has 232 valence electrons. The SMILES string of the molecule is CCCCCCCCCCCC(=O)OC[C@H](COP(=O)([O-])OCC[NH3+])OC(=O)CCCCCCCCCCC. The predicted molar refractivity (Wildman–Crippen MR) is 152 cm³/mol. The zero-order valence-electron chi connectivity index (χ0n) is 25.0. The molecule has 0 radical (unpaired) electrons. The molecule has 1 unspecified atom stereocenters. The Morgan fingerprint density at radius 1 is 0.667 bits per heavy atom. The van der Waals surface area contributed by atoms with Crippen molar-refractivity contribution in [3.05, 3.63) is 0 Å². The summed E-state index contributed by atoms with van der Waals surface area (Å²) in [6.07, 6.45) is 20.0. The summed E-state index contributed by atoms with van der Waals surface area (Å²) < 4.78 is 32.1.